The molecule has 130 valence electrons. The summed E-state index contributed by atoms with van der Waals surface area (Å²) >= 11 is 0. The van der Waals surface area contributed by atoms with Crippen molar-refractivity contribution in [3.63, 3.8) is 0 Å². The maximum absolute atomic E-state index is 12.0. The number of carbonyl (C=O) groups is 1. The van der Waals surface area contributed by atoms with Crippen LogP contribution in [-0.2, 0) is 9.53 Å². The van der Waals surface area contributed by atoms with Gasteiger partial charge in [0.05, 0.1) is 13.7 Å². The fourth-order valence-electron chi connectivity index (χ4n) is 1.92. The number of ether oxygens (including phenoxy) is 2. The van der Waals surface area contributed by atoms with Crippen LogP contribution in [-0.4, -0.2) is 29.8 Å². The lowest BCUT2D eigenvalue weighted by Crippen LogP contribution is -2.28. The molecule has 0 saturated carbocycles. The third-order valence-corrected chi connectivity index (χ3v) is 3.22. The SMILES string of the molecule is CCOC=C(C#N)C(=O)NC(C)c1nc(-c2cccc(OC)c2)no1. The molecule has 0 fully saturated rings. The lowest BCUT2D eigenvalue weighted by molar-refractivity contribution is -0.118. The van der Waals surface area contributed by atoms with Crippen molar-refractivity contribution in [3.8, 4) is 23.2 Å². The highest BCUT2D eigenvalue weighted by Gasteiger charge is 2.19. The Hall–Kier alpha value is -3.34. The van der Waals surface area contributed by atoms with Crippen LogP contribution in [0.2, 0.25) is 0 Å². The van der Waals surface area contributed by atoms with Gasteiger partial charge in [-0.1, -0.05) is 17.3 Å². The number of aromatic nitrogens is 2. The maximum Gasteiger partial charge on any atom is 0.265 e. The molecule has 1 atom stereocenters. The number of nitrogens with one attached hydrogen (secondary N) is 1. The fourth-order valence-corrected chi connectivity index (χ4v) is 1.92. The first-order valence-corrected chi connectivity index (χ1v) is 7.59. The van der Waals surface area contributed by atoms with Gasteiger partial charge in [-0.3, -0.25) is 4.79 Å². The van der Waals surface area contributed by atoms with Crippen LogP contribution in [0.3, 0.4) is 0 Å². The fraction of sp³-hybridized carbons (Fsp3) is 0.294. The van der Waals surface area contributed by atoms with Crippen molar-refractivity contribution in [2.75, 3.05) is 13.7 Å². The molecule has 1 aromatic heterocycles. The smallest absolute Gasteiger partial charge is 0.265 e. The van der Waals surface area contributed by atoms with Gasteiger partial charge in [0.1, 0.15) is 24.1 Å². The summed E-state index contributed by atoms with van der Waals surface area (Å²) in [5.41, 5.74) is 0.586. The molecule has 1 aromatic carbocycles. The Labute approximate surface area is 145 Å². The van der Waals surface area contributed by atoms with Gasteiger partial charge >= 0.3 is 0 Å². The van der Waals surface area contributed by atoms with E-state index in [2.05, 4.69) is 15.5 Å². The van der Waals surface area contributed by atoms with E-state index in [1.54, 1.807) is 33.1 Å². The molecular formula is C17H18N4O4. The third-order valence-electron chi connectivity index (χ3n) is 3.22. The topological polar surface area (TPSA) is 110 Å². The first-order valence-electron chi connectivity index (χ1n) is 7.59. The number of amides is 1. The van der Waals surface area contributed by atoms with Crippen molar-refractivity contribution in [1.82, 2.24) is 15.5 Å². The molecule has 8 heteroatoms. The molecule has 1 unspecified atom stereocenters. The van der Waals surface area contributed by atoms with E-state index < -0.39 is 11.9 Å². The maximum atomic E-state index is 12.0. The van der Waals surface area contributed by atoms with E-state index in [0.29, 0.717) is 18.2 Å². The minimum absolute atomic E-state index is 0.138. The van der Waals surface area contributed by atoms with Crippen LogP contribution in [0.15, 0.2) is 40.6 Å². The molecule has 0 saturated heterocycles. The highest BCUT2D eigenvalue weighted by Crippen LogP contribution is 2.22. The molecule has 1 heterocycles. The van der Waals surface area contributed by atoms with E-state index in [0.717, 1.165) is 11.8 Å². The van der Waals surface area contributed by atoms with Crippen LogP contribution in [0.25, 0.3) is 11.4 Å². The van der Waals surface area contributed by atoms with E-state index in [9.17, 15) is 4.79 Å². The lowest BCUT2D eigenvalue weighted by atomic mass is 10.2. The monoisotopic (exact) mass is 342 g/mol. The molecule has 0 aliphatic carbocycles. The minimum atomic E-state index is -0.579. The molecule has 1 amide bonds. The van der Waals surface area contributed by atoms with Gasteiger partial charge in [0, 0.05) is 5.56 Å². The minimum Gasteiger partial charge on any atom is -0.500 e. The van der Waals surface area contributed by atoms with Gasteiger partial charge in [0.25, 0.3) is 5.91 Å². The van der Waals surface area contributed by atoms with Crippen molar-refractivity contribution in [2.24, 2.45) is 0 Å². The number of nitrogens with zero attached hydrogens (tertiary/aromatic N) is 3. The van der Waals surface area contributed by atoms with Crippen molar-refractivity contribution < 1.29 is 18.8 Å². The van der Waals surface area contributed by atoms with Crippen LogP contribution in [0, 0.1) is 11.3 Å². The first kappa shape index (κ1) is 18.0. The number of nitriles is 1. The van der Waals surface area contributed by atoms with Crippen LogP contribution >= 0.6 is 0 Å². The molecule has 0 spiro atoms. The van der Waals surface area contributed by atoms with Gasteiger partial charge in [-0.2, -0.15) is 10.2 Å². The Kier molecular flexibility index (Phi) is 6.12. The Balaban J connectivity index is 2.11. The van der Waals surface area contributed by atoms with Gasteiger partial charge in [-0.15, -0.1) is 0 Å². The van der Waals surface area contributed by atoms with Crippen LogP contribution < -0.4 is 10.1 Å². The van der Waals surface area contributed by atoms with E-state index in [1.807, 2.05) is 18.2 Å². The summed E-state index contributed by atoms with van der Waals surface area (Å²) in [4.78, 5) is 16.3. The molecule has 8 nitrogen and oxygen atoms in total. The number of carbonyl (C=O) groups excluding carboxylic acids is 1. The quantitative estimate of drug-likeness (QED) is 0.467. The second-order valence-corrected chi connectivity index (χ2v) is 4.98. The average Bonchev–Trinajstić information content (AvgIpc) is 3.12. The Morgan fingerprint density at radius 1 is 1.52 bits per heavy atom. The summed E-state index contributed by atoms with van der Waals surface area (Å²) in [6.07, 6.45) is 1.12. The van der Waals surface area contributed by atoms with Gasteiger partial charge in [-0.25, -0.2) is 0 Å². The second-order valence-electron chi connectivity index (χ2n) is 4.98. The second kappa shape index (κ2) is 8.49. The predicted molar refractivity (Wildman–Crippen MR) is 88.2 cm³/mol. The van der Waals surface area contributed by atoms with Crippen molar-refractivity contribution in [3.05, 3.63) is 42.0 Å². The van der Waals surface area contributed by atoms with Crippen molar-refractivity contribution in [2.45, 2.75) is 19.9 Å². The van der Waals surface area contributed by atoms with Crippen LogP contribution in [0.1, 0.15) is 25.8 Å². The zero-order valence-electron chi connectivity index (χ0n) is 14.1. The molecule has 2 rings (SSSR count). The Morgan fingerprint density at radius 2 is 2.32 bits per heavy atom. The van der Waals surface area contributed by atoms with Crippen LogP contribution in [0.4, 0.5) is 0 Å². The largest absolute Gasteiger partial charge is 0.500 e. The summed E-state index contributed by atoms with van der Waals surface area (Å²) in [5, 5.41) is 15.5. The number of hydrogen-bond acceptors (Lipinski definition) is 7. The average molecular weight is 342 g/mol. The summed E-state index contributed by atoms with van der Waals surface area (Å²) < 4.78 is 15.3. The Morgan fingerprint density at radius 3 is 3.00 bits per heavy atom. The predicted octanol–water partition coefficient (Wildman–Crippen LogP) is 2.37. The Bertz CT molecular complexity index is 807. The van der Waals surface area contributed by atoms with Gasteiger partial charge < -0.3 is 19.3 Å². The lowest BCUT2D eigenvalue weighted by Gasteiger charge is -2.08. The molecular weight excluding hydrogens is 324 g/mol. The summed E-state index contributed by atoms with van der Waals surface area (Å²) in [5.74, 6) is 0.690. The van der Waals surface area contributed by atoms with Crippen molar-refractivity contribution in [1.29, 1.82) is 5.26 Å². The molecule has 1 N–H and O–H groups in total. The normalized spacial score (nSPS) is 12.2. The van der Waals surface area contributed by atoms with Gasteiger partial charge in [0.15, 0.2) is 5.57 Å². The molecule has 25 heavy (non-hydrogen) atoms. The van der Waals surface area contributed by atoms with E-state index in [4.69, 9.17) is 19.3 Å². The third kappa shape index (κ3) is 4.57. The van der Waals surface area contributed by atoms with E-state index >= 15 is 0 Å². The zero-order valence-corrected chi connectivity index (χ0v) is 14.1. The van der Waals surface area contributed by atoms with Crippen molar-refractivity contribution >= 4 is 5.91 Å². The number of methoxy groups -OCH3 is 1. The molecule has 0 aliphatic heterocycles. The van der Waals surface area contributed by atoms with Gasteiger partial charge in [-0.05, 0) is 26.0 Å². The molecule has 0 radical (unpaired) electrons. The zero-order chi connectivity index (χ0) is 18.2. The highest BCUT2D eigenvalue weighted by atomic mass is 16.5. The molecule has 0 bridgehead atoms. The highest BCUT2D eigenvalue weighted by molar-refractivity contribution is 5.97. The first-order chi connectivity index (χ1) is 12.1. The summed E-state index contributed by atoms with van der Waals surface area (Å²) in [7, 11) is 1.57. The van der Waals surface area contributed by atoms with E-state index in [1.165, 1.54) is 0 Å². The number of benzene rings is 1. The van der Waals surface area contributed by atoms with Crippen LogP contribution in [0.5, 0.6) is 5.75 Å². The summed E-state index contributed by atoms with van der Waals surface area (Å²) in [6.45, 7) is 3.79. The van der Waals surface area contributed by atoms with E-state index in [-0.39, 0.29) is 11.5 Å². The number of rotatable bonds is 7. The molecule has 0 aliphatic rings. The van der Waals surface area contributed by atoms with Gasteiger partial charge in [0.2, 0.25) is 11.7 Å². The standard InChI is InChI=1S/C17H18N4O4/c1-4-24-10-13(9-18)16(22)19-11(2)17-20-15(21-25-17)12-6-5-7-14(8-12)23-3/h5-8,10-11H,4H2,1-3H3,(H,19,22). The summed E-state index contributed by atoms with van der Waals surface area (Å²) in [6, 6.07) is 8.42. The number of hydrogen-bond donors (Lipinski definition) is 1. The molecule has 2 aromatic rings.